The van der Waals surface area contributed by atoms with E-state index in [1.165, 1.54) is 5.56 Å². The highest BCUT2D eigenvalue weighted by Gasteiger charge is 2.40. The van der Waals surface area contributed by atoms with Crippen molar-refractivity contribution in [3.05, 3.63) is 53.2 Å². The van der Waals surface area contributed by atoms with Gasteiger partial charge in [0.05, 0.1) is 11.1 Å². The number of nitrogens with one attached hydrogen (secondary N) is 1. The van der Waals surface area contributed by atoms with Crippen molar-refractivity contribution in [2.75, 3.05) is 11.6 Å². The second-order valence-corrected chi connectivity index (χ2v) is 17.2. The molecule has 0 bridgehead atoms. The SMILES string of the molecule is CSCc1cccc(Nc2ncc3ccc(Cl)c(O[C@H]4CC[C@@H](O[Si](C)(C)C(C)(C)C)CC4)c3n2)c1. The topological polar surface area (TPSA) is 56.3 Å². The Hall–Kier alpha value is -1.80. The van der Waals surface area contributed by atoms with Crippen molar-refractivity contribution in [2.45, 2.75) is 82.5 Å². The van der Waals surface area contributed by atoms with E-state index in [2.05, 4.69) is 62.6 Å². The fraction of sp³-hybridized carbons (Fsp3) is 0.500. The van der Waals surface area contributed by atoms with Crippen LogP contribution in [0.1, 0.15) is 52.0 Å². The van der Waals surface area contributed by atoms with Crippen LogP contribution in [0.15, 0.2) is 42.6 Å². The van der Waals surface area contributed by atoms with Gasteiger partial charge < -0.3 is 14.5 Å². The number of hydrogen-bond acceptors (Lipinski definition) is 6. The lowest BCUT2D eigenvalue weighted by molar-refractivity contribution is 0.0733. The summed E-state index contributed by atoms with van der Waals surface area (Å²) in [6.45, 7) is 11.5. The molecule has 1 fully saturated rings. The fourth-order valence-electron chi connectivity index (χ4n) is 4.28. The third kappa shape index (κ3) is 6.54. The van der Waals surface area contributed by atoms with Crippen molar-refractivity contribution in [3.63, 3.8) is 0 Å². The number of nitrogens with zero attached hydrogens (tertiary/aromatic N) is 2. The van der Waals surface area contributed by atoms with Gasteiger partial charge in [-0.1, -0.05) is 44.5 Å². The molecule has 5 nitrogen and oxygen atoms in total. The Bertz CT molecular complexity index is 1190. The van der Waals surface area contributed by atoms with Crippen LogP contribution in [0.5, 0.6) is 5.75 Å². The molecular formula is C28H38ClN3O2SSi. The predicted molar refractivity (Wildman–Crippen MR) is 156 cm³/mol. The van der Waals surface area contributed by atoms with Gasteiger partial charge in [-0.15, -0.1) is 0 Å². The number of fused-ring (bicyclic) bond motifs is 1. The summed E-state index contributed by atoms with van der Waals surface area (Å²) >= 11 is 8.43. The summed E-state index contributed by atoms with van der Waals surface area (Å²) in [4.78, 5) is 9.33. The highest BCUT2D eigenvalue weighted by molar-refractivity contribution is 7.97. The Labute approximate surface area is 225 Å². The first-order valence-electron chi connectivity index (χ1n) is 12.7. The van der Waals surface area contributed by atoms with Crippen LogP contribution in [0, 0.1) is 0 Å². The molecule has 194 valence electrons. The summed E-state index contributed by atoms with van der Waals surface area (Å²) in [5.74, 6) is 2.14. The third-order valence-corrected chi connectivity index (χ3v) is 12.8. The molecule has 1 aromatic heterocycles. The number of halogens is 1. The van der Waals surface area contributed by atoms with Crippen LogP contribution in [0.4, 0.5) is 11.6 Å². The summed E-state index contributed by atoms with van der Waals surface area (Å²) in [6, 6.07) is 12.1. The lowest BCUT2D eigenvalue weighted by Gasteiger charge is -2.41. The Morgan fingerprint density at radius 2 is 1.81 bits per heavy atom. The summed E-state index contributed by atoms with van der Waals surface area (Å²) in [6.07, 6.45) is 8.25. The smallest absolute Gasteiger partial charge is 0.227 e. The van der Waals surface area contributed by atoms with Gasteiger partial charge in [-0.05, 0) is 79.9 Å². The summed E-state index contributed by atoms with van der Waals surface area (Å²) in [5.41, 5.74) is 2.96. The zero-order valence-electron chi connectivity index (χ0n) is 22.2. The number of rotatable bonds is 8. The highest BCUT2D eigenvalue weighted by Crippen LogP contribution is 2.40. The molecule has 1 N–H and O–H groups in total. The molecule has 0 saturated heterocycles. The minimum absolute atomic E-state index is 0.0990. The number of ether oxygens (including phenoxy) is 1. The van der Waals surface area contributed by atoms with Gasteiger partial charge in [-0.3, -0.25) is 0 Å². The zero-order chi connectivity index (χ0) is 25.9. The number of thioether (sulfide) groups is 1. The van der Waals surface area contributed by atoms with Crippen LogP contribution < -0.4 is 10.1 Å². The van der Waals surface area contributed by atoms with Gasteiger partial charge in [-0.25, -0.2) is 9.97 Å². The van der Waals surface area contributed by atoms with Crippen molar-refractivity contribution < 1.29 is 9.16 Å². The van der Waals surface area contributed by atoms with Crippen molar-refractivity contribution in [2.24, 2.45) is 0 Å². The average Bonchev–Trinajstić information content (AvgIpc) is 2.82. The molecule has 0 amide bonds. The second kappa shape index (κ2) is 11.3. The first-order valence-corrected chi connectivity index (χ1v) is 17.4. The van der Waals surface area contributed by atoms with E-state index < -0.39 is 8.32 Å². The second-order valence-electron chi connectivity index (χ2n) is 11.2. The minimum atomic E-state index is -1.77. The first-order chi connectivity index (χ1) is 17.1. The number of hydrogen-bond donors (Lipinski definition) is 1. The number of benzene rings is 2. The average molecular weight is 544 g/mol. The molecule has 0 aliphatic heterocycles. The molecule has 0 spiro atoms. The van der Waals surface area contributed by atoms with E-state index in [1.54, 1.807) is 11.8 Å². The molecule has 1 aliphatic rings. The predicted octanol–water partition coefficient (Wildman–Crippen LogP) is 8.60. The van der Waals surface area contributed by atoms with E-state index in [1.807, 2.05) is 30.5 Å². The van der Waals surface area contributed by atoms with Gasteiger partial charge >= 0.3 is 0 Å². The van der Waals surface area contributed by atoms with Crippen LogP contribution in [0.25, 0.3) is 10.9 Å². The monoisotopic (exact) mass is 543 g/mol. The van der Waals surface area contributed by atoms with Gasteiger partial charge in [0.15, 0.2) is 14.1 Å². The molecule has 1 aliphatic carbocycles. The quantitative estimate of drug-likeness (QED) is 0.287. The van der Waals surface area contributed by atoms with E-state index in [-0.39, 0.29) is 11.1 Å². The van der Waals surface area contributed by atoms with E-state index in [4.69, 9.17) is 25.7 Å². The molecule has 3 aromatic rings. The Balaban J connectivity index is 1.48. The van der Waals surface area contributed by atoms with E-state index in [9.17, 15) is 0 Å². The number of anilines is 2. The lowest BCUT2D eigenvalue weighted by Crippen LogP contribution is -2.45. The molecule has 1 saturated carbocycles. The van der Waals surface area contributed by atoms with Gasteiger partial charge in [-0.2, -0.15) is 11.8 Å². The van der Waals surface area contributed by atoms with Crippen molar-refractivity contribution in [1.29, 1.82) is 0 Å². The maximum absolute atomic E-state index is 6.66. The van der Waals surface area contributed by atoms with Crippen LogP contribution in [-0.4, -0.2) is 36.7 Å². The standard InChI is InChI=1S/C28H38ClN3O2SSi/c1-28(2,3)36(5,6)34-23-13-11-22(12-14-23)33-26-24(29)15-10-20-17-30-27(32-25(20)26)31-21-9-7-8-19(16-21)18-35-4/h7-10,15-17,22-23H,11-14,18H2,1-6H3,(H,30,31,32)/t22-,23+. The van der Waals surface area contributed by atoms with Crippen molar-refractivity contribution in [3.8, 4) is 5.75 Å². The van der Waals surface area contributed by atoms with E-state index in [0.29, 0.717) is 22.8 Å². The maximum Gasteiger partial charge on any atom is 0.227 e. The summed E-state index contributed by atoms with van der Waals surface area (Å²) < 4.78 is 13.2. The molecule has 2 aromatic carbocycles. The maximum atomic E-state index is 6.66. The van der Waals surface area contributed by atoms with Gasteiger partial charge in [0.1, 0.15) is 5.52 Å². The summed E-state index contributed by atoms with van der Waals surface area (Å²) in [5, 5.41) is 5.05. The van der Waals surface area contributed by atoms with Crippen LogP contribution >= 0.6 is 23.4 Å². The van der Waals surface area contributed by atoms with Gasteiger partial charge in [0.25, 0.3) is 0 Å². The van der Waals surface area contributed by atoms with Crippen molar-refractivity contribution in [1.82, 2.24) is 9.97 Å². The zero-order valence-corrected chi connectivity index (χ0v) is 24.8. The van der Waals surface area contributed by atoms with Crippen molar-refractivity contribution >= 4 is 54.2 Å². The lowest BCUT2D eigenvalue weighted by atomic mass is 9.95. The first kappa shape index (κ1) is 27.2. The van der Waals surface area contributed by atoms with Crippen LogP contribution in [0.3, 0.4) is 0 Å². The summed E-state index contributed by atoms with van der Waals surface area (Å²) in [7, 11) is -1.77. The molecule has 8 heteroatoms. The number of aromatic nitrogens is 2. The molecule has 36 heavy (non-hydrogen) atoms. The molecular weight excluding hydrogens is 506 g/mol. The third-order valence-electron chi connectivity index (χ3n) is 7.33. The molecule has 1 heterocycles. The van der Waals surface area contributed by atoms with E-state index in [0.717, 1.165) is 48.0 Å². The molecule has 4 rings (SSSR count). The Morgan fingerprint density at radius 3 is 2.50 bits per heavy atom. The molecule has 0 unspecified atom stereocenters. The van der Waals surface area contributed by atoms with E-state index >= 15 is 0 Å². The largest absolute Gasteiger partial charge is 0.487 e. The highest BCUT2D eigenvalue weighted by atomic mass is 35.5. The van der Waals surface area contributed by atoms with Crippen LogP contribution in [0.2, 0.25) is 23.2 Å². The molecule has 0 radical (unpaired) electrons. The Morgan fingerprint density at radius 1 is 1.08 bits per heavy atom. The Kier molecular flexibility index (Phi) is 8.55. The normalized spacial score (nSPS) is 18.9. The van der Waals surface area contributed by atoms with Crippen LogP contribution in [-0.2, 0) is 10.2 Å². The minimum Gasteiger partial charge on any atom is -0.487 e. The van der Waals surface area contributed by atoms with Gasteiger partial charge in [0.2, 0.25) is 5.95 Å². The molecule has 0 atom stereocenters. The fourth-order valence-corrected chi connectivity index (χ4v) is 6.41. The van der Waals surface area contributed by atoms with Gasteiger partial charge in [0, 0.05) is 29.1 Å².